The molecule has 0 aliphatic carbocycles. The summed E-state index contributed by atoms with van der Waals surface area (Å²) in [6.07, 6.45) is 3.21. The van der Waals surface area contributed by atoms with Gasteiger partial charge < -0.3 is 0 Å². The Morgan fingerprint density at radius 2 is 2.10 bits per heavy atom. The molecule has 60 valence electrons. The fraction of sp³-hybridized carbons (Fsp3) is 0.500. The van der Waals surface area contributed by atoms with Gasteiger partial charge in [0.2, 0.25) is 0 Å². The van der Waals surface area contributed by atoms with Crippen molar-refractivity contribution in [2.75, 3.05) is 12.4 Å². The SMILES string of the molecule is NS(=O)(=O)NC/C=C/CCl. The van der Waals surface area contributed by atoms with E-state index in [9.17, 15) is 8.42 Å². The number of halogens is 1. The molecule has 0 aromatic heterocycles. The number of nitrogens with one attached hydrogen (secondary N) is 1. The zero-order valence-corrected chi connectivity index (χ0v) is 6.82. The normalized spacial score (nSPS) is 12.6. The van der Waals surface area contributed by atoms with Crippen molar-refractivity contribution in [1.82, 2.24) is 4.72 Å². The second-order valence-electron chi connectivity index (χ2n) is 1.52. The molecule has 0 radical (unpaired) electrons. The van der Waals surface area contributed by atoms with E-state index in [0.717, 1.165) is 0 Å². The van der Waals surface area contributed by atoms with Crippen molar-refractivity contribution in [1.29, 1.82) is 0 Å². The van der Waals surface area contributed by atoms with Gasteiger partial charge in [-0.05, 0) is 0 Å². The van der Waals surface area contributed by atoms with Crippen molar-refractivity contribution in [2.24, 2.45) is 5.14 Å². The highest BCUT2D eigenvalue weighted by Gasteiger charge is 1.94. The lowest BCUT2D eigenvalue weighted by atomic mass is 10.5. The van der Waals surface area contributed by atoms with Crippen molar-refractivity contribution < 1.29 is 8.42 Å². The Hall–Kier alpha value is -0.100. The Balaban J connectivity index is 3.48. The average Bonchev–Trinajstić information content (AvgIpc) is 1.78. The third kappa shape index (κ3) is 7.90. The van der Waals surface area contributed by atoms with E-state index in [0.29, 0.717) is 5.88 Å². The number of hydrogen-bond donors (Lipinski definition) is 2. The van der Waals surface area contributed by atoms with E-state index in [1.54, 1.807) is 12.2 Å². The first-order chi connectivity index (χ1) is 4.56. The van der Waals surface area contributed by atoms with Crippen LogP contribution in [-0.2, 0) is 10.2 Å². The highest BCUT2D eigenvalue weighted by Crippen LogP contribution is 1.76. The van der Waals surface area contributed by atoms with E-state index in [4.69, 9.17) is 11.6 Å². The van der Waals surface area contributed by atoms with Crippen LogP contribution in [0.2, 0.25) is 0 Å². The molecule has 0 unspecified atom stereocenters. The summed E-state index contributed by atoms with van der Waals surface area (Å²) in [6.45, 7) is 0.186. The van der Waals surface area contributed by atoms with Crippen molar-refractivity contribution in [2.45, 2.75) is 0 Å². The van der Waals surface area contributed by atoms with Gasteiger partial charge in [-0.15, -0.1) is 11.6 Å². The molecule has 0 bridgehead atoms. The van der Waals surface area contributed by atoms with E-state index in [-0.39, 0.29) is 6.54 Å². The van der Waals surface area contributed by atoms with Crippen LogP contribution in [0.25, 0.3) is 0 Å². The molecule has 0 rings (SSSR count). The third-order valence-electron chi connectivity index (χ3n) is 0.658. The molecule has 0 fully saturated rings. The zero-order valence-electron chi connectivity index (χ0n) is 5.25. The zero-order chi connectivity index (χ0) is 8.04. The fourth-order valence-corrected chi connectivity index (χ4v) is 0.765. The standard InChI is InChI=1S/C4H9ClN2O2S/c5-3-1-2-4-7-10(6,8)9/h1-2,7H,3-4H2,(H2,6,8,9)/b2-1+. The molecule has 0 saturated heterocycles. The highest BCUT2D eigenvalue weighted by molar-refractivity contribution is 7.87. The number of hydrogen-bond acceptors (Lipinski definition) is 2. The summed E-state index contributed by atoms with van der Waals surface area (Å²) < 4.78 is 22.4. The predicted molar refractivity (Wildman–Crippen MR) is 41.0 cm³/mol. The van der Waals surface area contributed by atoms with E-state index in [2.05, 4.69) is 9.86 Å². The van der Waals surface area contributed by atoms with Gasteiger partial charge in [0.1, 0.15) is 0 Å². The van der Waals surface area contributed by atoms with E-state index in [1.807, 2.05) is 0 Å². The highest BCUT2D eigenvalue weighted by atomic mass is 35.5. The maximum absolute atomic E-state index is 10.2. The molecule has 0 aliphatic rings. The number of nitrogens with two attached hydrogens (primary N) is 1. The van der Waals surface area contributed by atoms with Crippen LogP contribution in [-0.4, -0.2) is 20.8 Å². The van der Waals surface area contributed by atoms with E-state index in [1.165, 1.54) is 0 Å². The lowest BCUT2D eigenvalue weighted by molar-refractivity contribution is 0.587. The number of alkyl halides is 1. The van der Waals surface area contributed by atoms with Crippen LogP contribution < -0.4 is 9.86 Å². The Morgan fingerprint density at radius 1 is 1.50 bits per heavy atom. The Morgan fingerprint density at radius 3 is 2.50 bits per heavy atom. The lowest BCUT2D eigenvalue weighted by Gasteiger charge is -1.93. The molecule has 0 aromatic rings. The van der Waals surface area contributed by atoms with Crippen molar-refractivity contribution in [3.63, 3.8) is 0 Å². The minimum absolute atomic E-state index is 0.186. The summed E-state index contributed by atoms with van der Waals surface area (Å²) >= 11 is 5.26. The first-order valence-electron chi connectivity index (χ1n) is 2.54. The topological polar surface area (TPSA) is 72.2 Å². The summed E-state index contributed by atoms with van der Waals surface area (Å²) in [5.41, 5.74) is 0. The minimum Gasteiger partial charge on any atom is -0.216 e. The predicted octanol–water partition coefficient (Wildman–Crippen LogP) is -0.425. The maximum atomic E-state index is 10.2. The van der Waals surface area contributed by atoms with Crippen molar-refractivity contribution in [3.05, 3.63) is 12.2 Å². The van der Waals surface area contributed by atoms with Crippen LogP contribution in [0.1, 0.15) is 0 Å². The van der Waals surface area contributed by atoms with Crippen molar-refractivity contribution >= 4 is 21.8 Å². The molecule has 6 heteroatoms. The number of allylic oxidation sites excluding steroid dienone is 1. The largest absolute Gasteiger partial charge is 0.274 e. The molecule has 0 heterocycles. The number of rotatable bonds is 4. The van der Waals surface area contributed by atoms with Gasteiger partial charge in [0.15, 0.2) is 0 Å². The molecule has 0 aliphatic heterocycles. The van der Waals surface area contributed by atoms with Gasteiger partial charge in [0.25, 0.3) is 10.2 Å². The van der Waals surface area contributed by atoms with Crippen LogP contribution in [0.3, 0.4) is 0 Å². The quantitative estimate of drug-likeness (QED) is 0.460. The summed E-state index contributed by atoms with van der Waals surface area (Å²) in [5, 5.41) is 4.61. The average molecular weight is 185 g/mol. The maximum Gasteiger partial charge on any atom is 0.274 e. The molecule has 0 saturated carbocycles. The van der Waals surface area contributed by atoms with Crippen LogP contribution in [0.4, 0.5) is 0 Å². The molecule has 0 amide bonds. The van der Waals surface area contributed by atoms with Crippen LogP contribution >= 0.6 is 11.6 Å². The third-order valence-corrected chi connectivity index (χ3v) is 1.41. The fourth-order valence-electron chi connectivity index (χ4n) is 0.311. The van der Waals surface area contributed by atoms with Crippen LogP contribution in [0, 0.1) is 0 Å². The van der Waals surface area contributed by atoms with Crippen molar-refractivity contribution in [3.8, 4) is 0 Å². The molecular formula is C4H9ClN2O2S. The molecular weight excluding hydrogens is 176 g/mol. The molecule has 0 aromatic carbocycles. The van der Waals surface area contributed by atoms with E-state index < -0.39 is 10.2 Å². The summed E-state index contributed by atoms with van der Waals surface area (Å²) in [5.74, 6) is 0.367. The molecule has 10 heavy (non-hydrogen) atoms. The Kier molecular flexibility index (Phi) is 4.63. The molecule has 4 nitrogen and oxygen atoms in total. The summed E-state index contributed by atoms with van der Waals surface area (Å²) in [4.78, 5) is 0. The molecule has 0 spiro atoms. The second-order valence-corrected chi connectivity index (χ2v) is 3.21. The second kappa shape index (κ2) is 4.68. The van der Waals surface area contributed by atoms with Gasteiger partial charge in [0.05, 0.1) is 0 Å². The van der Waals surface area contributed by atoms with Gasteiger partial charge >= 0.3 is 0 Å². The Bertz CT molecular complexity index is 199. The van der Waals surface area contributed by atoms with Gasteiger partial charge in [0, 0.05) is 12.4 Å². The van der Waals surface area contributed by atoms with Crippen LogP contribution in [0.15, 0.2) is 12.2 Å². The Labute approximate surface area is 65.2 Å². The summed E-state index contributed by atoms with van der Waals surface area (Å²) in [7, 11) is -3.55. The van der Waals surface area contributed by atoms with Gasteiger partial charge in [-0.1, -0.05) is 12.2 Å². The summed E-state index contributed by atoms with van der Waals surface area (Å²) in [6, 6.07) is 0. The molecule has 3 N–H and O–H groups in total. The molecule has 0 atom stereocenters. The van der Waals surface area contributed by atoms with Gasteiger partial charge in [-0.25, -0.2) is 5.14 Å². The minimum atomic E-state index is -3.55. The van der Waals surface area contributed by atoms with Crippen LogP contribution in [0.5, 0.6) is 0 Å². The smallest absolute Gasteiger partial charge is 0.216 e. The monoisotopic (exact) mass is 184 g/mol. The first kappa shape index (κ1) is 9.90. The lowest BCUT2D eigenvalue weighted by Crippen LogP contribution is -2.30. The van der Waals surface area contributed by atoms with Gasteiger partial charge in [-0.3, -0.25) is 0 Å². The van der Waals surface area contributed by atoms with E-state index >= 15 is 0 Å². The van der Waals surface area contributed by atoms with Gasteiger partial charge in [-0.2, -0.15) is 13.1 Å². The first-order valence-corrected chi connectivity index (χ1v) is 4.62.